The minimum Gasteiger partial charge on any atom is -0.483 e. The number of hydrogen-bond acceptors (Lipinski definition) is 3. The molecule has 1 aromatic rings. The molecule has 0 aliphatic carbocycles. The molecule has 0 aromatic heterocycles. The van der Waals surface area contributed by atoms with Crippen LogP contribution >= 0.6 is 0 Å². The van der Waals surface area contributed by atoms with E-state index in [1.807, 2.05) is 4.90 Å². The lowest BCUT2D eigenvalue weighted by Crippen LogP contribution is -2.38. The minimum atomic E-state index is -0.355. The van der Waals surface area contributed by atoms with Gasteiger partial charge in [-0.3, -0.25) is 4.79 Å². The summed E-state index contributed by atoms with van der Waals surface area (Å²) in [5, 5.41) is 0. The zero-order valence-corrected chi connectivity index (χ0v) is 11.8. The van der Waals surface area contributed by atoms with Crippen molar-refractivity contribution in [2.45, 2.75) is 32.2 Å². The fraction of sp³-hybridized carbons (Fsp3) is 0.533. The average Bonchev–Trinajstić information content (AvgIpc) is 2.46. The molecule has 0 spiro atoms. The van der Waals surface area contributed by atoms with Crippen LogP contribution in [0.25, 0.3) is 0 Å². The number of benzene rings is 1. The van der Waals surface area contributed by atoms with Gasteiger partial charge in [0.25, 0.3) is 5.91 Å². The van der Waals surface area contributed by atoms with Crippen LogP contribution in [0.4, 0.5) is 4.39 Å². The largest absolute Gasteiger partial charge is 0.483 e. The highest BCUT2D eigenvalue weighted by atomic mass is 19.1. The highest BCUT2D eigenvalue weighted by molar-refractivity contribution is 5.77. The summed E-state index contributed by atoms with van der Waals surface area (Å²) in [6, 6.07) is 3.85. The Morgan fingerprint density at radius 3 is 2.75 bits per heavy atom. The van der Waals surface area contributed by atoms with Crippen LogP contribution < -0.4 is 10.5 Å². The molecule has 110 valence electrons. The van der Waals surface area contributed by atoms with Gasteiger partial charge in [0.15, 0.2) is 6.61 Å². The van der Waals surface area contributed by atoms with E-state index >= 15 is 0 Å². The van der Waals surface area contributed by atoms with Crippen LogP contribution in [-0.4, -0.2) is 30.5 Å². The fourth-order valence-corrected chi connectivity index (χ4v) is 2.38. The highest BCUT2D eigenvalue weighted by Gasteiger charge is 2.18. The van der Waals surface area contributed by atoms with Gasteiger partial charge in [-0.15, -0.1) is 0 Å². The molecule has 0 radical (unpaired) electrons. The van der Waals surface area contributed by atoms with Crippen LogP contribution in [0.3, 0.4) is 0 Å². The van der Waals surface area contributed by atoms with Gasteiger partial charge in [-0.25, -0.2) is 4.39 Å². The van der Waals surface area contributed by atoms with Crippen LogP contribution in [0, 0.1) is 5.82 Å². The van der Waals surface area contributed by atoms with Crippen molar-refractivity contribution in [2.24, 2.45) is 5.73 Å². The minimum absolute atomic E-state index is 0.0225. The van der Waals surface area contributed by atoms with E-state index in [2.05, 4.69) is 0 Å². The molecule has 20 heavy (non-hydrogen) atoms. The molecule has 1 aromatic carbocycles. The second kappa shape index (κ2) is 6.70. The third kappa shape index (κ3) is 3.70. The van der Waals surface area contributed by atoms with Gasteiger partial charge in [-0.05, 0) is 44.4 Å². The van der Waals surface area contributed by atoms with Crippen molar-refractivity contribution in [2.75, 3.05) is 19.7 Å². The zero-order valence-electron chi connectivity index (χ0n) is 11.8. The molecule has 1 atom stereocenters. The zero-order chi connectivity index (χ0) is 14.5. The topological polar surface area (TPSA) is 55.6 Å². The van der Waals surface area contributed by atoms with Crippen molar-refractivity contribution in [3.63, 3.8) is 0 Å². The maximum atomic E-state index is 13.2. The molecule has 0 bridgehead atoms. The van der Waals surface area contributed by atoms with Crippen molar-refractivity contribution < 1.29 is 13.9 Å². The SMILES string of the molecule is CC(N)c1cc(F)ccc1OCC(=O)N1CCCCC1. The van der Waals surface area contributed by atoms with Gasteiger partial charge >= 0.3 is 0 Å². The number of ether oxygens (including phenoxy) is 1. The Bertz CT molecular complexity index is 471. The Hall–Kier alpha value is -1.62. The van der Waals surface area contributed by atoms with Crippen molar-refractivity contribution >= 4 is 5.91 Å². The molecule has 1 aliphatic heterocycles. The summed E-state index contributed by atoms with van der Waals surface area (Å²) in [5.74, 6) is 0.100. The second-order valence-electron chi connectivity index (χ2n) is 5.20. The number of nitrogens with two attached hydrogens (primary N) is 1. The molecular weight excluding hydrogens is 259 g/mol. The van der Waals surface area contributed by atoms with E-state index < -0.39 is 0 Å². The van der Waals surface area contributed by atoms with E-state index in [0.29, 0.717) is 11.3 Å². The average molecular weight is 280 g/mol. The Labute approximate surface area is 118 Å². The van der Waals surface area contributed by atoms with Crippen molar-refractivity contribution in [1.29, 1.82) is 0 Å². The van der Waals surface area contributed by atoms with Crippen LogP contribution in [0.1, 0.15) is 37.8 Å². The van der Waals surface area contributed by atoms with Crippen LogP contribution in [0.2, 0.25) is 0 Å². The molecule has 1 heterocycles. The maximum Gasteiger partial charge on any atom is 0.260 e. The van der Waals surface area contributed by atoms with Gasteiger partial charge in [-0.1, -0.05) is 0 Å². The highest BCUT2D eigenvalue weighted by Crippen LogP contribution is 2.24. The molecule has 5 heteroatoms. The summed E-state index contributed by atoms with van der Waals surface area (Å²) >= 11 is 0. The van der Waals surface area contributed by atoms with Gasteiger partial charge in [-0.2, -0.15) is 0 Å². The van der Waals surface area contributed by atoms with Crippen molar-refractivity contribution in [3.8, 4) is 5.75 Å². The molecule has 1 aliphatic rings. The number of carbonyl (C=O) groups excluding carboxylic acids is 1. The number of halogens is 1. The molecule has 1 fully saturated rings. The maximum absolute atomic E-state index is 13.2. The third-order valence-corrected chi connectivity index (χ3v) is 3.52. The standard InChI is InChI=1S/C15H21FN2O2/c1-11(17)13-9-12(16)5-6-14(13)20-10-15(19)18-7-3-2-4-8-18/h5-6,9,11H,2-4,7-8,10,17H2,1H3. The lowest BCUT2D eigenvalue weighted by atomic mass is 10.1. The first-order chi connectivity index (χ1) is 9.58. The molecule has 1 saturated heterocycles. The second-order valence-corrected chi connectivity index (χ2v) is 5.20. The van der Waals surface area contributed by atoms with E-state index in [-0.39, 0.29) is 24.4 Å². The lowest BCUT2D eigenvalue weighted by Gasteiger charge is -2.26. The number of hydrogen-bond donors (Lipinski definition) is 1. The number of rotatable bonds is 4. The van der Waals surface area contributed by atoms with Crippen LogP contribution in [0.15, 0.2) is 18.2 Å². The number of nitrogens with zero attached hydrogens (tertiary/aromatic N) is 1. The first-order valence-corrected chi connectivity index (χ1v) is 7.03. The van der Waals surface area contributed by atoms with Gasteiger partial charge in [0.1, 0.15) is 11.6 Å². The summed E-state index contributed by atoms with van der Waals surface area (Å²) in [4.78, 5) is 13.8. The summed E-state index contributed by atoms with van der Waals surface area (Å²) in [6.45, 7) is 3.33. The number of piperidine rings is 1. The smallest absolute Gasteiger partial charge is 0.260 e. The fourth-order valence-electron chi connectivity index (χ4n) is 2.38. The molecule has 1 unspecified atom stereocenters. The molecule has 1 amide bonds. The molecule has 4 nitrogen and oxygen atoms in total. The summed E-state index contributed by atoms with van der Waals surface area (Å²) < 4.78 is 18.7. The van der Waals surface area contributed by atoms with Gasteiger partial charge < -0.3 is 15.4 Å². The van der Waals surface area contributed by atoms with E-state index in [4.69, 9.17) is 10.5 Å². The number of amides is 1. The number of likely N-dealkylation sites (tertiary alicyclic amines) is 1. The molecule has 2 rings (SSSR count). The third-order valence-electron chi connectivity index (χ3n) is 3.52. The molecule has 0 saturated carbocycles. The van der Waals surface area contributed by atoms with E-state index in [1.54, 1.807) is 6.92 Å². The molecule has 2 N–H and O–H groups in total. The quantitative estimate of drug-likeness (QED) is 0.920. The van der Waals surface area contributed by atoms with Gasteiger partial charge in [0.2, 0.25) is 0 Å². The molecular formula is C15H21FN2O2. The summed E-state index contributed by atoms with van der Waals surface area (Å²) in [6.07, 6.45) is 3.28. The van der Waals surface area contributed by atoms with E-state index in [1.165, 1.54) is 24.6 Å². The van der Waals surface area contributed by atoms with E-state index in [0.717, 1.165) is 25.9 Å². The first kappa shape index (κ1) is 14.8. The van der Waals surface area contributed by atoms with E-state index in [9.17, 15) is 9.18 Å². The lowest BCUT2D eigenvalue weighted by molar-refractivity contribution is -0.134. The first-order valence-electron chi connectivity index (χ1n) is 7.03. The Morgan fingerprint density at radius 2 is 2.10 bits per heavy atom. The summed E-state index contributed by atoms with van der Waals surface area (Å²) in [5.41, 5.74) is 6.37. The van der Waals surface area contributed by atoms with Crippen LogP contribution in [0.5, 0.6) is 5.75 Å². The van der Waals surface area contributed by atoms with Crippen molar-refractivity contribution in [1.82, 2.24) is 4.90 Å². The van der Waals surface area contributed by atoms with Crippen molar-refractivity contribution in [3.05, 3.63) is 29.6 Å². The van der Waals surface area contributed by atoms with Gasteiger partial charge in [0, 0.05) is 24.7 Å². The Balaban J connectivity index is 1.98. The predicted octanol–water partition coefficient (Wildman–Crippen LogP) is 2.24. The van der Waals surface area contributed by atoms with Gasteiger partial charge in [0.05, 0.1) is 0 Å². The monoisotopic (exact) mass is 280 g/mol. The number of carbonyl (C=O) groups is 1. The Morgan fingerprint density at radius 1 is 1.40 bits per heavy atom. The normalized spacial score (nSPS) is 16.9. The summed E-state index contributed by atoms with van der Waals surface area (Å²) in [7, 11) is 0. The Kier molecular flexibility index (Phi) is 4.95. The van der Waals surface area contributed by atoms with Crippen LogP contribution in [-0.2, 0) is 4.79 Å². The predicted molar refractivity (Wildman–Crippen MR) is 74.9 cm³/mol.